The van der Waals surface area contributed by atoms with Crippen LogP contribution in [0.5, 0.6) is 11.5 Å². The van der Waals surface area contributed by atoms with Crippen LogP contribution in [0.25, 0.3) is 6.08 Å². The van der Waals surface area contributed by atoms with Gasteiger partial charge in [0.05, 0.1) is 35.2 Å². The van der Waals surface area contributed by atoms with Crippen molar-refractivity contribution >= 4 is 56.8 Å². The minimum atomic E-state index is -0.249. The quantitative estimate of drug-likeness (QED) is 0.195. The van der Waals surface area contributed by atoms with Crippen LogP contribution < -0.4 is 14.8 Å². The van der Waals surface area contributed by atoms with Gasteiger partial charge in [-0.2, -0.15) is 5.10 Å². The molecule has 1 N–H and O–H groups in total. The van der Waals surface area contributed by atoms with Gasteiger partial charge in [-0.1, -0.05) is 41.4 Å². The van der Waals surface area contributed by atoms with E-state index in [1.165, 1.54) is 6.08 Å². The number of hydrogen-bond acceptors (Lipinski definition) is 4. The van der Waals surface area contributed by atoms with E-state index in [2.05, 4.69) is 26.3 Å². The second-order valence-electron chi connectivity index (χ2n) is 8.59. The van der Waals surface area contributed by atoms with Crippen LogP contribution in [0, 0.1) is 13.8 Å². The molecule has 196 valence electrons. The van der Waals surface area contributed by atoms with E-state index in [0.29, 0.717) is 33.8 Å². The maximum atomic E-state index is 12.8. The van der Waals surface area contributed by atoms with Crippen LogP contribution in [-0.2, 0) is 17.9 Å². The van der Waals surface area contributed by atoms with E-state index in [0.717, 1.165) is 32.6 Å². The molecule has 9 heteroatoms. The summed E-state index contributed by atoms with van der Waals surface area (Å²) < 4.78 is 14.1. The fourth-order valence-electron chi connectivity index (χ4n) is 3.89. The summed E-state index contributed by atoms with van der Waals surface area (Å²) >= 11 is 15.5. The maximum Gasteiger partial charge on any atom is 0.248 e. The lowest BCUT2D eigenvalue weighted by molar-refractivity contribution is -0.111. The third kappa shape index (κ3) is 6.98. The second kappa shape index (κ2) is 12.5. The highest BCUT2D eigenvalue weighted by Crippen LogP contribution is 2.30. The first-order valence-electron chi connectivity index (χ1n) is 11.8. The summed E-state index contributed by atoms with van der Waals surface area (Å²) in [5.74, 6) is 1.11. The second-order valence-corrected chi connectivity index (χ2v) is 10.3. The number of rotatable bonds is 9. The Morgan fingerprint density at radius 1 is 1.03 bits per heavy atom. The molecule has 4 rings (SSSR count). The number of methoxy groups -OCH3 is 1. The Balaban J connectivity index is 1.43. The van der Waals surface area contributed by atoms with Crippen molar-refractivity contribution in [3.63, 3.8) is 0 Å². The van der Waals surface area contributed by atoms with Crippen LogP contribution in [-0.4, -0.2) is 22.8 Å². The molecule has 0 aliphatic rings. The van der Waals surface area contributed by atoms with Gasteiger partial charge >= 0.3 is 0 Å². The van der Waals surface area contributed by atoms with Gasteiger partial charge in [-0.05, 0) is 89.4 Å². The van der Waals surface area contributed by atoms with E-state index in [-0.39, 0.29) is 12.5 Å². The molecule has 0 unspecified atom stereocenters. The van der Waals surface area contributed by atoms with E-state index in [1.54, 1.807) is 31.4 Å². The number of anilines is 1. The molecule has 0 aliphatic heterocycles. The third-order valence-corrected chi connectivity index (χ3v) is 6.99. The van der Waals surface area contributed by atoms with Crippen molar-refractivity contribution in [2.45, 2.75) is 27.0 Å². The Kier molecular flexibility index (Phi) is 9.15. The number of carbonyl (C=O) groups excluding carboxylic acids is 1. The molecule has 0 fully saturated rings. The Morgan fingerprint density at radius 3 is 2.45 bits per heavy atom. The number of aromatic nitrogens is 2. The largest absolute Gasteiger partial charge is 0.496 e. The summed E-state index contributed by atoms with van der Waals surface area (Å²) in [5, 5.41) is 8.86. The topological polar surface area (TPSA) is 65.4 Å². The van der Waals surface area contributed by atoms with Gasteiger partial charge in [0.1, 0.15) is 18.1 Å². The lowest BCUT2D eigenvalue weighted by atomic mass is 10.1. The summed E-state index contributed by atoms with van der Waals surface area (Å²) in [4.78, 5) is 12.8. The predicted molar refractivity (Wildman–Crippen MR) is 156 cm³/mol. The molecule has 6 nitrogen and oxygen atoms in total. The lowest BCUT2D eigenvalue weighted by Crippen LogP contribution is -2.10. The van der Waals surface area contributed by atoms with Crippen molar-refractivity contribution in [2.75, 3.05) is 12.4 Å². The first-order valence-corrected chi connectivity index (χ1v) is 13.3. The number of amides is 1. The minimum absolute atomic E-state index is 0.249. The number of halogens is 3. The summed E-state index contributed by atoms with van der Waals surface area (Å²) in [5.41, 5.74) is 5.06. The standard InChI is InChI=1S/C29H26BrCl2N3O3/c1-18-29(19(2)35(34-18)16-21-4-8-23(31)9-5-21)33-28(36)13-7-20-6-11-26(37-3)22(14-20)17-38-27-12-10-24(32)15-25(27)30/h4-15H,16-17H2,1-3H3,(H,33,36). The summed E-state index contributed by atoms with van der Waals surface area (Å²) in [6.07, 6.45) is 3.25. The van der Waals surface area contributed by atoms with Crippen LogP contribution in [0.3, 0.4) is 0 Å². The zero-order chi connectivity index (χ0) is 27.2. The van der Waals surface area contributed by atoms with Gasteiger partial charge in [0, 0.05) is 21.7 Å². The van der Waals surface area contributed by atoms with Crippen molar-refractivity contribution in [1.29, 1.82) is 0 Å². The Bertz CT molecular complexity index is 1480. The van der Waals surface area contributed by atoms with Crippen molar-refractivity contribution in [2.24, 2.45) is 0 Å². The highest BCUT2D eigenvalue weighted by atomic mass is 79.9. The molecular formula is C29H26BrCl2N3O3. The zero-order valence-corrected chi connectivity index (χ0v) is 24.2. The smallest absolute Gasteiger partial charge is 0.248 e. The van der Waals surface area contributed by atoms with E-state index in [4.69, 9.17) is 32.7 Å². The van der Waals surface area contributed by atoms with Crippen LogP contribution in [0.15, 0.2) is 71.2 Å². The molecule has 0 atom stereocenters. The number of nitrogens with zero attached hydrogens (tertiary/aromatic N) is 2. The Hall–Kier alpha value is -3.26. The summed E-state index contributed by atoms with van der Waals surface area (Å²) in [6, 6.07) is 18.6. The van der Waals surface area contributed by atoms with Crippen LogP contribution >= 0.6 is 39.1 Å². The molecule has 38 heavy (non-hydrogen) atoms. The number of nitrogens with one attached hydrogen (secondary N) is 1. The van der Waals surface area contributed by atoms with Gasteiger partial charge < -0.3 is 14.8 Å². The first kappa shape index (κ1) is 27.8. The number of aryl methyl sites for hydroxylation is 1. The number of ether oxygens (including phenoxy) is 2. The molecule has 1 heterocycles. The van der Waals surface area contributed by atoms with Crippen molar-refractivity contribution in [3.05, 3.63) is 109 Å². The monoisotopic (exact) mass is 613 g/mol. The number of benzene rings is 3. The number of hydrogen-bond donors (Lipinski definition) is 1. The Morgan fingerprint density at radius 2 is 1.74 bits per heavy atom. The van der Waals surface area contributed by atoms with Gasteiger partial charge in [0.15, 0.2) is 0 Å². The molecule has 0 bridgehead atoms. The van der Waals surface area contributed by atoms with E-state index in [9.17, 15) is 4.79 Å². The highest BCUT2D eigenvalue weighted by Gasteiger charge is 2.14. The fraction of sp³-hybridized carbons (Fsp3) is 0.172. The van der Waals surface area contributed by atoms with E-state index >= 15 is 0 Å². The molecule has 3 aromatic carbocycles. The molecule has 0 spiro atoms. The van der Waals surface area contributed by atoms with E-state index in [1.807, 2.05) is 61.0 Å². The van der Waals surface area contributed by atoms with Crippen molar-refractivity contribution in [1.82, 2.24) is 9.78 Å². The van der Waals surface area contributed by atoms with Crippen LogP contribution in [0.1, 0.15) is 28.1 Å². The van der Waals surface area contributed by atoms with Gasteiger partial charge in [-0.3, -0.25) is 9.48 Å². The molecule has 4 aromatic rings. The minimum Gasteiger partial charge on any atom is -0.496 e. The highest BCUT2D eigenvalue weighted by molar-refractivity contribution is 9.10. The van der Waals surface area contributed by atoms with Crippen LogP contribution in [0.2, 0.25) is 10.0 Å². The molecule has 1 aromatic heterocycles. The average molecular weight is 615 g/mol. The van der Waals surface area contributed by atoms with Crippen LogP contribution in [0.4, 0.5) is 5.69 Å². The molecule has 0 saturated carbocycles. The van der Waals surface area contributed by atoms with Crippen molar-refractivity contribution < 1.29 is 14.3 Å². The molecule has 0 aliphatic carbocycles. The lowest BCUT2D eigenvalue weighted by Gasteiger charge is -2.12. The summed E-state index contributed by atoms with van der Waals surface area (Å²) in [6.45, 7) is 4.67. The van der Waals surface area contributed by atoms with Gasteiger partial charge in [-0.15, -0.1) is 0 Å². The maximum absolute atomic E-state index is 12.8. The summed E-state index contributed by atoms with van der Waals surface area (Å²) in [7, 11) is 1.61. The molecule has 0 saturated heterocycles. The SMILES string of the molecule is COc1ccc(C=CC(=O)Nc2c(C)nn(Cc3ccc(Cl)cc3)c2C)cc1COc1ccc(Cl)cc1Br. The van der Waals surface area contributed by atoms with Gasteiger partial charge in [0.25, 0.3) is 0 Å². The zero-order valence-electron chi connectivity index (χ0n) is 21.1. The average Bonchev–Trinajstić information content (AvgIpc) is 3.15. The normalized spacial score (nSPS) is 11.1. The number of carbonyl (C=O) groups is 1. The van der Waals surface area contributed by atoms with Gasteiger partial charge in [-0.25, -0.2) is 0 Å². The molecule has 0 radical (unpaired) electrons. The first-order chi connectivity index (χ1) is 18.2. The van der Waals surface area contributed by atoms with E-state index < -0.39 is 0 Å². The molecular weight excluding hydrogens is 589 g/mol. The Labute approximate surface area is 240 Å². The van der Waals surface area contributed by atoms with Gasteiger partial charge in [0.2, 0.25) is 5.91 Å². The third-order valence-electron chi connectivity index (χ3n) is 5.88. The fourth-order valence-corrected chi connectivity index (χ4v) is 4.82. The predicted octanol–water partition coefficient (Wildman–Crippen LogP) is 7.86. The molecule has 1 amide bonds. The van der Waals surface area contributed by atoms with Crippen molar-refractivity contribution in [3.8, 4) is 11.5 Å².